The second-order valence-corrected chi connectivity index (χ2v) is 6.43. The molecule has 2 N–H and O–H groups in total. The molecule has 1 aromatic carbocycles. The third-order valence-corrected chi connectivity index (χ3v) is 4.84. The van der Waals surface area contributed by atoms with Gasteiger partial charge in [-0.1, -0.05) is 30.3 Å². The molecule has 1 aliphatic rings. The summed E-state index contributed by atoms with van der Waals surface area (Å²) in [5.41, 5.74) is 1.03. The highest BCUT2D eigenvalue weighted by atomic mass is 32.1. The highest BCUT2D eigenvalue weighted by molar-refractivity contribution is 7.16. The van der Waals surface area contributed by atoms with E-state index in [9.17, 15) is 4.79 Å². The molecule has 1 aliphatic carbocycles. The van der Waals surface area contributed by atoms with Crippen molar-refractivity contribution in [2.45, 2.75) is 18.9 Å². The molecule has 112 valence electrons. The lowest BCUT2D eigenvalue weighted by atomic mass is 9.80. The molecule has 22 heavy (non-hydrogen) atoms. The van der Waals surface area contributed by atoms with Crippen LogP contribution in [0.25, 0.3) is 10.6 Å². The third-order valence-electron chi connectivity index (χ3n) is 3.79. The van der Waals surface area contributed by atoms with Gasteiger partial charge in [0.15, 0.2) is 6.19 Å². The molecule has 1 amide bonds. The van der Waals surface area contributed by atoms with Crippen molar-refractivity contribution in [2.75, 3.05) is 6.54 Å². The normalized spacial score (nSPS) is 19.8. The maximum Gasteiger partial charge on any atom is 0.263 e. The minimum absolute atomic E-state index is 0.0589. The van der Waals surface area contributed by atoms with Crippen molar-refractivity contribution in [3.63, 3.8) is 0 Å². The molecule has 0 atom stereocenters. The molecule has 5 nitrogen and oxygen atoms in total. The average molecular weight is 312 g/mol. The summed E-state index contributed by atoms with van der Waals surface area (Å²) in [6, 6.07) is 10.1. The van der Waals surface area contributed by atoms with E-state index >= 15 is 0 Å². The summed E-state index contributed by atoms with van der Waals surface area (Å²) in [7, 11) is 0. The Morgan fingerprint density at radius 3 is 2.86 bits per heavy atom. The predicted octanol–water partition coefficient (Wildman–Crippen LogP) is 2.39. The van der Waals surface area contributed by atoms with Crippen LogP contribution in [0.1, 0.15) is 22.5 Å². The van der Waals surface area contributed by atoms with Gasteiger partial charge in [-0.25, -0.2) is 4.98 Å². The zero-order chi connectivity index (χ0) is 15.4. The summed E-state index contributed by atoms with van der Waals surface area (Å²) >= 11 is 1.41. The number of nitriles is 1. The Bertz CT molecular complexity index is 686. The highest BCUT2D eigenvalue weighted by Crippen LogP contribution is 2.28. The first kappa shape index (κ1) is 14.5. The smallest absolute Gasteiger partial charge is 0.263 e. The fourth-order valence-electron chi connectivity index (χ4n) is 2.56. The number of carbonyl (C=O) groups is 1. The van der Waals surface area contributed by atoms with Gasteiger partial charge in [-0.05, 0) is 18.8 Å². The van der Waals surface area contributed by atoms with Gasteiger partial charge in [-0.3, -0.25) is 4.79 Å². The molecule has 0 aliphatic heterocycles. The van der Waals surface area contributed by atoms with Gasteiger partial charge < -0.3 is 10.6 Å². The van der Waals surface area contributed by atoms with E-state index in [4.69, 9.17) is 5.26 Å². The van der Waals surface area contributed by atoms with E-state index in [-0.39, 0.29) is 11.9 Å². The zero-order valence-electron chi connectivity index (χ0n) is 12.0. The fourth-order valence-corrected chi connectivity index (χ4v) is 3.38. The Balaban J connectivity index is 1.54. The van der Waals surface area contributed by atoms with E-state index in [0.717, 1.165) is 23.4 Å². The molecular weight excluding hydrogens is 296 g/mol. The molecule has 0 saturated heterocycles. The van der Waals surface area contributed by atoms with Crippen LogP contribution in [0.3, 0.4) is 0 Å². The van der Waals surface area contributed by atoms with Gasteiger partial charge in [0.25, 0.3) is 5.91 Å². The number of hydrogen-bond acceptors (Lipinski definition) is 5. The topological polar surface area (TPSA) is 77.8 Å². The van der Waals surface area contributed by atoms with E-state index in [0.29, 0.717) is 17.3 Å². The van der Waals surface area contributed by atoms with Crippen molar-refractivity contribution in [2.24, 2.45) is 5.92 Å². The van der Waals surface area contributed by atoms with Gasteiger partial charge in [0, 0.05) is 18.2 Å². The lowest BCUT2D eigenvalue weighted by molar-refractivity contribution is 0.0894. The number of nitrogens with one attached hydrogen (secondary N) is 2. The van der Waals surface area contributed by atoms with Gasteiger partial charge in [-0.2, -0.15) is 5.26 Å². The van der Waals surface area contributed by atoms with Gasteiger partial charge in [0.05, 0.1) is 6.20 Å². The Labute approximate surface area is 133 Å². The van der Waals surface area contributed by atoms with Crippen molar-refractivity contribution in [1.29, 1.82) is 5.26 Å². The Morgan fingerprint density at radius 2 is 2.14 bits per heavy atom. The highest BCUT2D eigenvalue weighted by Gasteiger charge is 2.30. The molecule has 3 rings (SSSR count). The molecule has 1 heterocycles. The number of thiazole rings is 1. The molecule has 2 aromatic rings. The molecule has 1 aromatic heterocycles. The average Bonchev–Trinajstić information content (AvgIpc) is 3.00. The minimum atomic E-state index is -0.0589. The number of aromatic nitrogens is 1. The second kappa shape index (κ2) is 6.58. The van der Waals surface area contributed by atoms with Crippen LogP contribution in [0.2, 0.25) is 0 Å². The Kier molecular flexibility index (Phi) is 4.35. The van der Waals surface area contributed by atoms with Crippen molar-refractivity contribution in [3.05, 3.63) is 41.4 Å². The van der Waals surface area contributed by atoms with Gasteiger partial charge in [-0.15, -0.1) is 11.3 Å². The zero-order valence-corrected chi connectivity index (χ0v) is 12.8. The number of rotatable bonds is 5. The van der Waals surface area contributed by atoms with Crippen LogP contribution >= 0.6 is 11.3 Å². The van der Waals surface area contributed by atoms with Crippen molar-refractivity contribution < 1.29 is 4.79 Å². The van der Waals surface area contributed by atoms with Gasteiger partial charge in [0.1, 0.15) is 9.88 Å². The molecule has 0 spiro atoms. The summed E-state index contributed by atoms with van der Waals surface area (Å²) in [4.78, 5) is 17.2. The van der Waals surface area contributed by atoms with Crippen LogP contribution in [-0.4, -0.2) is 23.5 Å². The van der Waals surface area contributed by atoms with Crippen LogP contribution in [0, 0.1) is 17.4 Å². The fraction of sp³-hybridized carbons (Fsp3) is 0.312. The maximum atomic E-state index is 12.2. The maximum absolute atomic E-state index is 12.2. The van der Waals surface area contributed by atoms with E-state index < -0.39 is 0 Å². The molecule has 0 unspecified atom stereocenters. The van der Waals surface area contributed by atoms with Crippen molar-refractivity contribution >= 4 is 17.2 Å². The van der Waals surface area contributed by atoms with Crippen LogP contribution in [0.15, 0.2) is 36.5 Å². The summed E-state index contributed by atoms with van der Waals surface area (Å²) in [5.74, 6) is 0.419. The van der Waals surface area contributed by atoms with Gasteiger partial charge >= 0.3 is 0 Å². The van der Waals surface area contributed by atoms with Gasteiger partial charge in [0.2, 0.25) is 0 Å². The number of hydrogen-bond donors (Lipinski definition) is 2. The van der Waals surface area contributed by atoms with E-state index in [1.54, 1.807) is 6.20 Å². The number of amides is 1. The van der Waals surface area contributed by atoms with E-state index in [2.05, 4.69) is 15.6 Å². The monoisotopic (exact) mass is 312 g/mol. The number of carbonyl (C=O) groups excluding carboxylic acids is 1. The first-order chi connectivity index (χ1) is 10.8. The molecular formula is C16H16N4OS. The quantitative estimate of drug-likeness (QED) is 0.656. The Hall–Kier alpha value is -2.39. The lowest BCUT2D eigenvalue weighted by Crippen LogP contribution is -2.46. The summed E-state index contributed by atoms with van der Waals surface area (Å²) in [6.45, 7) is 0.696. The largest absolute Gasteiger partial charge is 0.349 e. The lowest BCUT2D eigenvalue weighted by Gasteiger charge is -2.35. The SMILES string of the molecule is N#CNCC1CC(NC(=O)c2cnc(-c3ccccc3)s2)C1. The van der Waals surface area contributed by atoms with Crippen molar-refractivity contribution in [3.8, 4) is 16.8 Å². The van der Waals surface area contributed by atoms with E-state index in [1.807, 2.05) is 36.5 Å². The molecule has 1 saturated carbocycles. The third kappa shape index (κ3) is 3.26. The minimum Gasteiger partial charge on any atom is -0.349 e. The predicted molar refractivity (Wildman–Crippen MR) is 85.1 cm³/mol. The first-order valence-corrected chi connectivity index (χ1v) is 8.02. The molecule has 1 fully saturated rings. The first-order valence-electron chi connectivity index (χ1n) is 7.20. The summed E-state index contributed by atoms with van der Waals surface area (Å²) in [5, 5.41) is 15.0. The number of benzene rings is 1. The van der Waals surface area contributed by atoms with Crippen LogP contribution in [-0.2, 0) is 0 Å². The molecule has 0 bridgehead atoms. The summed E-state index contributed by atoms with van der Waals surface area (Å²) in [6.07, 6.45) is 5.40. The Morgan fingerprint density at radius 1 is 1.36 bits per heavy atom. The standard InChI is InChI=1S/C16H16N4OS/c17-10-18-8-11-6-13(7-11)20-15(21)14-9-19-16(22-14)12-4-2-1-3-5-12/h1-5,9,11,13,18H,6-8H2,(H,20,21). The van der Waals surface area contributed by atoms with Crippen LogP contribution in [0.5, 0.6) is 0 Å². The second-order valence-electron chi connectivity index (χ2n) is 5.40. The molecule has 0 radical (unpaired) electrons. The van der Waals surface area contributed by atoms with Crippen molar-refractivity contribution in [1.82, 2.24) is 15.6 Å². The van der Waals surface area contributed by atoms with Crippen LogP contribution < -0.4 is 10.6 Å². The van der Waals surface area contributed by atoms with Crippen LogP contribution in [0.4, 0.5) is 0 Å². The summed E-state index contributed by atoms with van der Waals surface area (Å²) < 4.78 is 0. The number of nitrogens with zero attached hydrogens (tertiary/aromatic N) is 2. The molecule has 6 heteroatoms. The van der Waals surface area contributed by atoms with E-state index in [1.165, 1.54) is 11.3 Å².